The molecule has 2 aromatic heterocycles. The average Bonchev–Trinajstić information content (AvgIpc) is 2.54. The van der Waals surface area contributed by atoms with Gasteiger partial charge in [0.2, 0.25) is 11.5 Å². The number of halogens is 3. The van der Waals surface area contributed by atoms with Gasteiger partial charge in [-0.2, -0.15) is 13.2 Å². The van der Waals surface area contributed by atoms with Gasteiger partial charge < -0.3 is 16.8 Å². The monoisotopic (exact) mass is 335 g/mol. The summed E-state index contributed by atoms with van der Waals surface area (Å²) in [6.45, 7) is 0. The van der Waals surface area contributed by atoms with Gasteiger partial charge >= 0.3 is 6.18 Å². The predicted molar refractivity (Wildman–Crippen MR) is 81.1 cm³/mol. The molecule has 5 N–H and O–H groups in total. The highest BCUT2D eigenvalue weighted by Gasteiger charge is 2.60. The highest BCUT2D eigenvalue weighted by Crippen LogP contribution is 2.51. The lowest BCUT2D eigenvalue weighted by Gasteiger charge is -2.36. The van der Waals surface area contributed by atoms with E-state index in [1.165, 1.54) is 36.8 Å². The Balaban J connectivity index is 2.31. The van der Waals surface area contributed by atoms with E-state index >= 15 is 0 Å². The lowest BCUT2D eigenvalue weighted by Crippen LogP contribution is -2.48. The zero-order valence-corrected chi connectivity index (χ0v) is 12.1. The SMILES string of the molecule is NC1=NC(c2ccncc2)(C(F)(F)F)C(c2ccnc(N)n2)=CN1. The molecule has 0 aromatic carbocycles. The highest BCUT2D eigenvalue weighted by molar-refractivity contribution is 5.88. The van der Waals surface area contributed by atoms with Crippen LogP contribution in [0.1, 0.15) is 11.3 Å². The molecule has 0 bridgehead atoms. The molecule has 0 radical (unpaired) electrons. The molecule has 1 aliphatic rings. The molecule has 0 aliphatic carbocycles. The minimum Gasteiger partial charge on any atom is -0.370 e. The zero-order chi connectivity index (χ0) is 17.4. The summed E-state index contributed by atoms with van der Waals surface area (Å²) < 4.78 is 42.5. The summed E-state index contributed by atoms with van der Waals surface area (Å²) in [5, 5.41) is 2.50. The van der Waals surface area contributed by atoms with Crippen molar-refractivity contribution >= 4 is 17.5 Å². The first-order valence-electron chi connectivity index (χ1n) is 6.73. The first kappa shape index (κ1) is 15.7. The number of anilines is 1. The number of guanidine groups is 1. The van der Waals surface area contributed by atoms with Gasteiger partial charge in [-0.3, -0.25) is 4.98 Å². The Hall–Kier alpha value is -3.17. The van der Waals surface area contributed by atoms with Crippen LogP contribution in [0.3, 0.4) is 0 Å². The molecule has 0 amide bonds. The number of alkyl halides is 3. The van der Waals surface area contributed by atoms with E-state index in [-0.39, 0.29) is 28.7 Å². The van der Waals surface area contributed by atoms with E-state index in [1.54, 1.807) is 0 Å². The van der Waals surface area contributed by atoms with E-state index in [4.69, 9.17) is 11.5 Å². The third kappa shape index (κ3) is 2.41. The van der Waals surface area contributed by atoms with Crippen molar-refractivity contribution in [3.05, 3.63) is 54.2 Å². The first-order chi connectivity index (χ1) is 11.3. The van der Waals surface area contributed by atoms with Crippen molar-refractivity contribution in [2.45, 2.75) is 11.7 Å². The van der Waals surface area contributed by atoms with Crippen LogP contribution in [-0.4, -0.2) is 27.1 Å². The minimum atomic E-state index is -4.79. The lowest BCUT2D eigenvalue weighted by atomic mass is 9.80. The fourth-order valence-corrected chi connectivity index (χ4v) is 2.50. The highest BCUT2D eigenvalue weighted by atomic mass is 19.4. The molecule has 1 aliphatic heterocycles. The summed E-state index contributed by atoms with van der Waals surface area (Å²) >= 11 is 0. The van der Waals surface area contributed by atoms with E-state index in [2.05, 4.69) is 25.3 Å². The smallest absolute Gasteiger partial charge is 0.370 e. The summed E-state index contributed by atoms with van der Waals surface area (Å²) in [7, 11) is 0. The second-order valence-electron chi connectivity index (χ2n) is 4.94. The van der Waals surface area contributed by atoms with Crippen LogP contribution < -0.4 is 16.8 Å². The zero-order valence-electron chi connectivity index (χ0n) is 12.1. The van der Waals surface area contributed by atoms with Crippen molar-refractivity contribution < 1.29 is 13.2 Å². The van der Waals surface area contributed by atoms with Crippen LogP contribution in [0, 0.1) is 0 Å². The third-order valence-corrected chi connectivity index (χ3v) is 3.50. The Morgan fingerprint density at radius 1 is 1.04 bits per heavy atom. The van der Waals surface area contributed by atoms with Crippen molar-refractivity contribution in [3.8, 4) is 0 Å². The van der Waals surface area contributed by atoms with Crippen LogP contribution in [0.2, 0.25) is 0 Å². The largest absolute Gasteiger partial charge is 0.422 e. The van der Waals surface area contributed by atoms with Crippen LogP contribution in [0.15, 0.2) is 48.0 Å². The number of aliphatic imine (C=N–C) groups is 1. The number of pyridine rings is 1. The van der Waals surface area contributed by atoms with Crippen molar-refractivity contribution in [1.29, 1.82) is 0 Å². The molecule has 7 nitrogen and oxygen atoms in total. The van der Waals surface area contributed by atoms with Gasteiger partial charge in [-0.05, 0) is 23.8 Å². The first-order valence-corrected chi connectivity index (χ1v) is 6.73. The topological polar surface area (TPSA) is 115 Å². The molecule has 3 rings (SSSR count). The normalized spacial score (nSPS) is 20.8. The second-order valence-corrected chi connectivity index (χ2v) is 4.94. The Morgan fingerprint density at radius 3 is 2.38 bits per heavy atom. The van der Waals surface area contributed by atoms with Crippen LogP contribution in [0.25, 0.3) is 5.57 Å². The van der Waals surface area contributed by atoms with Gasteiger partial charge in [-0.25, -0.2) is 15.0 Å². The Morgan fingerprint density at radius 2 is 1.75 bits per heavy atom. The second kappa shape index (κ2) is 5.48. The van der Waals surface area contributed by atoms with Crippen LogP contribution in [0.5, 0.6) is 0 Å². The van der Waals surface area contributed by atoms with Crippen molar-refractivity contribution in [2.24, 2.45) is 10.7 Å². The Kier molecular flexibility index (Phi) is 3.59. The molecule has 0 saturated carbocycles. The predicted octanol–water partition coefficient (Wildman–Crippen LogP) is 1.17. The van der Waals surface area contributed by atoms with Crippen LogP contribution >= 0.6 is 0 Å². The molecule has 24 heavy (non-hydrogen) atoms. The fourth-order valence-electron chi connectivity index (χ4n) is 2.50. The van der Waals surface area contributed by atoms with Gasteiger partial charge in [-0.1, -0.05) is 0 Å². The summed E-state index contributed by atoms with van der Waals surface area (Å²) in [6, 6.07) is 3.78. The Labute approximate surface area is 134 Å². The molecule has 1 unspecified atom stereocenters. The quantitative estimate of drug-likeness (QED) is 0.759. The minimum absolute atomic E-state index is 0.0135. The maximum atomic E-state index is 14.2. The molecule has 2 aromatic rings. The molecule has 124 valence electrons. The lowest BCUT2D eigenvalue weighted by molar-refractivity contribution is -0.170. The third-order valence-electron chi connectivity index (χ3n) is 3.50. The maximum absolute atomic E-state index is 14.2. The van der Waals surface area contributed by atoms with E-state index in [0.29, 0.717) is 0 Å². The fraction of sp³-hybridized carbons (Fsp3) is 0.143. The molecule has 10 heteroatoms. The standard InChI is InChI=1S/C14H12F3N7/c15-14(16,17)13(8-1-4-20-5-2-8)9(7-22-12(19)24-13)10-3-6-21-11(18)23-10/h1-7H,(H2,18,21,23)(H3,19,22,24). The number of aromatic nitrogens is 3. The number of nitrogen functional groups attached to an aromatic ring is 1. The number of nitrogens with zero attached hydrogens (tertiary/aromatic N) is 4. The summed E-state index contributed by atoms with van der Waals surface area (Å²) in [5.41, 5.74) is 7.91. The number of nitrogens with one attached hydrogen (secondary N) is 1. The molecular weight excluding hydrogens is 323 g/mol. The van der Waals surface area contributed by atoms with Gasteiger partial charge in [0.15, 0.2) is 5.96 Å². The van der Waals surface area contributed by atoms with Gasteiger partial charge in [-0.15, -0.1) is 0 Å². The van der Waals surface area contributed by atoms with Gasteiger partial charge in [0, 0.05) is 30.4 Å². The summed E-state index contributed by atoms with van der Waals surface area (Å²) in [5.74, 6) is -0.517. The molecule has 3 heterocycles. The van der Waals surface area contributed by atoms with E-state index in [0.717, 1.165) is 6.20 Å². The van der Waals surface area contributed by atoms with E-state index < -0.39 is 11.7 Å². The number of hydrogen-bond acceptors (Lipinski definition) is 7. The van der Waals surface area contributed by atoms with Gasteiger partial charge in [0.05, 0.1) is 5.69 Å². The average molecular weight is 335 g/mol. The number of hydrogen-bond donors (Lipinski definition) is 3. The Bertz CT molecular complexity index is 817. The molecule has 1 atom stereocenters. The van der Waals surface area contributed by atoms with Crippen molar-refractivity contribution in [1.82, 2.24) is 20.3 Å². The van der Waals surface area contributed by atoms with E-state index in [9.17, 15) is 13.2 Å². The van der Waals surface area contributed by atoms with E-state index in [1.807, 2.05) is 0 Å². The van der Waals surface area contributed by atoms with Gasteiger partial charge in [0.1, 0.15) is 0 Å². The molecule has 0 spiro atoms. The van der Waals surface area contributed by atoms with Crippen LogP contribution in [0.4, 0.5) is 19.1 Å². The summed E-state index contributed by atoms with van der Waals surface area (Å²) in [4.78, 5) is 15.0. The van der Waals surface area contributed by atoms with Crippen molar-refractivity contribution in [3.63, 3.8) is 0 Å². The maximum Gasteiger partial charge on any atom is 0.422 e. The summed E-state index contributed by atoms with van der Waals surface area (Å²) in [6.07, 6.45) is 0.115. The number of rotatable bonds is 2. The van der Waals surface area contributed by atoms with Crippen molar-refractivity contribution in [2.75, 3.05) is 5.73 Å². The van der Waals surface area contributed by atoms with Gasteiger partial charge in [0.25, 0.3) is 0 Å². The molecule has 0 fully saturated rings. The molecular formula is C14H12F3N7. The van der Waals surface area contributed by atoms with Crippen LogP contribution in [-0.2, 0) is 5.54 Å². The number of nitrogens with two attached hydrogens (primary N) is 2. The molecule has 0 saturated heterocycles.